The first kappa shape index (κ1) is 17.6. The van der Waals surface area contributed by atoms with Gasteiger partial charge in [-0.3, -0.25) is 0 Å². The molecule has 2 aromatic carbocycles. The van der Waals surface area contributed by atoms with Gasteiger partial charge in [0.05, 0.1) is 18.5 Å². The third-order valence-electron chi connectivity index (χ3n) is 4.45. The zero-order valence-electron chi connectivity index (χ0n) is 15.3. The number of halogens is 1. The smallest absolute Gasteiger partial charge is 0.225 e. The lowest BCUT2D eigenvalue weighted by Gasteiger charge is -2.14. The van der Waals surface area contributed by atoms with Crippen molar-refractivity contribution in [1.29, 1.82) is 0 Å². The van der Waals surface area contributed by atoms with Crippen LogP contribution in [0.3, 0.4) is 0 Å². The minimum Gasteiger partial charge on any atom is -0.495 e. The molecule has 0 bridgehead atoms. The van der Waals surface area contributed by atoms with E-state index in [1.165, 1.54) is 0 Å². The molecule has 0 atom stereocenters. The number of ether oxygens (including phenoxy) is 1. The summed E-state index contributed by atoms with van der Waals surface area (Å²) in [4.78, 5) is 9.33. The molecule has 0 amide bonds. The highest BCUT2D eigenvalue weighted by atomic mass is 35.5. The highest BCUT2D eigenvalue weighted by Crippen LogP contribution is 2.34. The summed E-state index contributed by atoms with van der Waals surface area (Å²) in [5.74, 6) is 2.00. The zero-order chi connectivity index (χ0) is 18.8. The molecule has 6 heteroatoms. The Hall–Kier alpha value is -2.79. The summed E-state index contributed by atoms with van der Waals surface area (Å²) in [6.45, 7) is 1.96. The van der Waals surface area contributed by atoms with Crippen LogP contribution in [0.4, 0.5) is 17.5 Å². The zero-order valence-corrected chi connectivity index (χ0v) is 16.0. The SMILES string of the molecule is COc1cc(Cl)c(C)cc1Nc1cc(-c2ccccc2)nc(NC2CC2)n1. The van der Waals surface area contributed by atoms with Gasteiger partial charge in [0.2, 0.25) is 5.95 Å². The van der Waals surface area contributed by atoms with Crippen LogP contribution in [0.15, 0.2) is 48.5 Å². The minimum absolute atomic E-state index is 0.469. The Morgan fingerprint density at radius 3 is 2.56 bits per heavy atom. The van der Waals surface area contributed by atoms with Crippen LogP contribution in [0, 0.1) is 6.92 Å². The lowest BCUT2D eigenvalue weighted by Crippen LogP contribution is -2.08. The first-order valence-electron chi connectivity index (χ1n) is 8.94. The number of benzene rings is 2. The van der Waals surface area contributed by atoms with Crippen LogP contribution < -0.4 is 15.4 Å². The third-order valence-corrected chi connectivity index (χ3v) is 4.86. The number of aromatic nitrogens is 2. The van der Waals surface area contributed by atoms with E-state index in [-0.39, 0.29) is 0 Å². The first-order valence-corrected chi connectivity index (χ1v) is 9.32. The summed E-state index contributed by atoms with van der Waals surface area (Å²) in [7, 11) is 1.63. The largest absolute Gasteiger partial charge is 0.495 e. The number of nitrogens with zero attached hydrogens (tertiary/aromatic N) is 2. The Morgan fingerprint density at radius 1 is 1.07 bits per heavy atom. The van der Waals surface area contributed by atoms with Crippen molar-refractivity contribution in [3.63, 3.8) is 0 Å². The molecule has 1 saturated carbocycles. The van der Waals surface area contributed by atoms with Crippen molar-refractivity contribution in [2.24, 2.45) is 0 Å². The molecule has 5 nitrogen and oxygen atoms in total. The molecule has 4 rings (SSSR count). The Labute approximate surface area is 163 Å². The highest BCUT2D eigenvalue weighted by molar-refractivity contribution is 6.31. The Kier molecular flexibility index (Phi) is 4.86. The van der Waals surface area contributed by atoms with Gasteiger partial charge < -0.3 is 15.4 Å². The molecule has 2 N–H and O–H groups in total. The average molecular weight is 381 g/mol. The lowest BCUT2D eigenvalue weighted by molar-refractivity contribution is 0.416. The summed E-state index contributed by atoms with van der Waals surface area (Å²) >= 11 is 6.22. The number of hydrogen-bond donors (Lipinski definition) is 2. The topological polar surface area (TPSA) is 59.1 Å². The fourth-order valence-corrected chi connectivity index (χ4v) is 2.96. The first-order chi connectivity index (χ1) is 13.1. The predicted octanol–water partition coefficient (Wildman–Crippen LogP) is 5.43. The summed E-state index contributed by atoms with van der Waals surface area (Å²) < 4.78 is 5.47. The van der Waals surface area contributed by atoms with Gasteiger partial charge in [-0.25, -0.2) is 4.98 Å². The number of rotatable bonds is 6. The monoisotopic (exact) mass is 380 g/mol. The minimum atomic E-state index is 0.469. The van der Waals surface area contributed by atoms with E-state index < -0.39 is 0 Å². The van der Waals surface area contributed by atoms with Gasteiger partial charge in [-0.1, -0.05) is 41.9 Å². The molecule has 1 fully saturated rings. The molecule has 0 radical (unpaired) electrons. The summed E-state index contributed by atoms with van der Waals surface area (Å²) in [6.07, 6.45) is 2.32. The number of anilines is 3. The molecule has 0 spiro atoms. The van der Waals surface area contributed by atoms with E-state index in [0.29, 0.717) is 28.6 Å². The molecule has 0 unspecified atom stereocenters. The highest BCUT2D eigenvalue weighted by Gasteiger charge is 2.22. The molecular weight excluding hydrogens is 360 g/mol. The Morgan fingerprint density at radius 2 is 1.85 bits per heavy atom. The molecule has 1 aliphatic carbocycles. The van der Waals surface area contributed by atoms with Gasteiger partial charge in [0.1, 0.15) is 11.6 Å². The van der Waals surface area contributed by atoms with Gasteiger partial charge in [0, 0.05) is 28.8 Å². The van der Waals surface area contributed by atoms with Crippen LogP contribution in [0.2, 0.25) is 5.02 Å². The van der Waals surface area contributed by atoms with Crippen molar-refractivity contribution < 1.29 is 4.74 Å². The maximum atomic E-state index is 6.22. The average Bonchev–Trinajstić information content (AvgIpc) is 3.49. The van der Waals surface area contributed by atoms with Crippen molar-refractivity contribution in [3.05, 3.63) is 59.1 Å². The van der Waals surface area contributed by atoms with Gasteiger partial charge in [-0.05, 0) is 31.4 Å². The number of hydrogen-bond acceptors (Lipinski definition) is 5. The molecule has 27 heavy (non-hydrogen) atoms. The maximum Gasteiger partial charge on any atom is 0.225 e. The Balaban J connectivity index is 1.72. The molecule has 1 heterocycles. The second-order valence-electron chi connectivity index (χ2n) is 6.67. The van der Waals surface area contributed by atoms with E-state index in [1.54, 1.807) is 7.11 Å². The van der Waals surface area contributed by atoms with Crippen molar-refractivity contribution in [2.75, 3.05) is 17.7 Å². The van der Waals surface area contributed by atoms with Crippen LogP contribution in [-0.4, -0.2) is 23.1 Å². The Bertz CT molecular complexity index is 958. The van der Waals surface area contributed by atoms with Crippen molar-refractivity contribution in [3.8, 4) is 17.0 Å². The number of nitrogens with one attached hydrogen (secondary N) is 2. The molecule has 138 valence electrons. The van der Waals surface area contributed by atoms with Gasteiger partial charge >= 0.3 is 0 Å². The van der Waals surface area contributed by atoms with Crippen molar-refractivity contribution in [2.45, 2.75) is 25.8 Å². The fraction of sp³-hybridized carbons (Fsp3) is 0.238. The van der Waals surface area contributed by atoms with E-state index in [2.05, 4.69) is 20.6 Å². The molecule has 0 aliphatic heterocycles. The van der Waals surface area contributed by atoms with E-state index in [1.807, 2.05) is 55.5 Å². The lowest BCUT2D eigenvalue weighted by atomic mass is 10.1. The number of aryl methyl sites for hydroxylation is 1. The van der Waals surface area contributed by atoms with Gasteiger partial charge in [-0.15, -0.1) is 0 Å². The second-order valence-corrected chi connectivity index (χ2v) is 7.08. The molecule has 1 aliphatic rings. The predicted molar refractivity (Wildman–Crippen MR) is 110 cm³/mol. The third kappa shape index (κ3) is 4.14. The maximum absolute atomic E-state index is 6.22. The standard InChI is InChI=1S/C21H21ClN4O/c1-13-10-18(19(27-2)11-16(13)22)24-20-12-17(14-6-4-3-5-7-14)25-21(26-20)23-15-8-9-15/h3-7,10-12,15H,8-9H2,1-2H3,(H2,23,24,25,26). The van der Waals surface area contributed by atoms with Crippen molar-refractivity contribution in [1.82, 2.24) is 9.97 Å². The summed E-state index contributed by atoms with van der Waals surface area (Å²) in [5, 5.41) is 7.42. The van der Waals surface area contributed by atoms with E-state index >= 15 is 0 Å². The van der Waals surface area contributed by atoms with Crippen LogP contribution >= 0.6 is 11.6 Å². The van der Waals surface area contributed by atoms with Crippen LogP contribution in [-0.2, 0) is 0 Å². The van der Waals surface area contributed by atoms with Gasteiger partial charge in [0.15, 0.2) is 0 Å². The summed E-state index contributed by atoms with van der Waals surface area (Å²) in [5.41, 5.74) is 3.69. The molecule has 1 aromatic heterocycles. The van der Waals surface area contributed by atoms with Crippen LogP contribution in [0.5, 0.6) is 5.75 Å². The quantitative estimate of drug-likeness (QED) is 0.597. The van der Waals surface area contributed by atoms with Gasteiger partial charge in [0.25, 0.3) is 0 Å². The van der Waals surface area contributed by atoms with Crippen LogP contribution in [0.1, 0.15) is 18.4 Å². The molecule has 3 aromatic rings. The van der Waals surface area contributed by atoms with E-state index in [9.17, 15) is 0 Å². The fourth-order valence-electron chi connectivity index (χ4n) is 2.81. The van der Waals surface area contributed by atoms with Crippen LogP contribution in [0.25, 0.3) is 11.3 Å². The van der Waals surface area contributed by atoms with Crippen molar-refractivity contribution >= 4 is 29.1 Å². The molecular formula is C21H21ClN4O. The second kappa shape index (κ2) is 7.45. The van der Waals surface area contributed by atoms with E-state index in [0.717, 1.165) is 35.3 Å². The number of methoxy groups -OCH3 is 1. The molecule has 0 saturated heterocycles. The van der Waals surface area contributed by atoms with E-state index in [4.69, 9.17) is 16.3 Å². The van der Waals surface area contributed by atoms with Gasteiger partial charge in [-0.2, -0.15) is 4.98 Å². The summed E-state index contributed by atoms with van der Waals surface area (Å²) in [6, 6.07) is 16.3. The normalized spacial score (nSPS) is 13.3.